The van der Waals surface area contributed by atoms with Gasteiger partial charge < -0.3 is 10.1 Å². The van der Waals surface area contributed by atoms with E-state index >= 15 is 0 Å². The molecule has 1 aromatic heterocycles. The number of anilines is 1. The van der Waals surface area contributed by atoms with E-state index in [9.17, 15) is 9.59 Å². The van der Waals surface area contributed by atoms with Crippen molar-refractivity contribution < 1.29 is 4.74 Å². The maximum absolute atomic E-state index is 12.0. The second kappa shape index (κ2) is 5.56. The van der Waals surface area contributed by atoms with Crippen LogP contribution in [0, 0.1) is 5.92 Å². The molecular formula is C12H20N4O3. The molecule has 1 N–H and O–H groups in total. The summed E-state index contributed by atoms with van der Waals surface area (Å²) in [5.41, 5.74) is -0.809. The average Bonchev–Trinajstić information content (AvgIpc) is 2.43. The Morgan fingerprint density at radius 3 is 2.58 bits per heavy atom. The average molecular weight is 268 g/mol. The molecule has 1 saturated heterocycles. The van der Waals surface area contributed by atoms with Gasteiger partial charge in [-0.25, -0.2) is 9.48 Å². The molecule has 1 aromatic rings. The number of nitrogens with zero attached hydrogens (tertiary/aromatic N) is 3. The summed E-state index contributed by atoms with van der Waals surface area (Å²) in [4.78, 5) is 23.5. The predicted octanol–water partition coefficient (Wildman–Crippen LogP) is -0.294. The summed E-state index contributed by atoms with van der Waals surface area (Å²) in [6.45, 7) is 3.55. The van der Waals surface area contributed by atoms with Crippen LogP contribution in [0.3, 0.4) is 0 Å². The van der Waals surface area contributed by atoms with Crippen LogP contribution in [0.25, 0.3) is 0 Å². The third-order valence-corrected chi connectivity index (χ3v) is 3.66. The molecule has 0 spiro atoms. The van der Waals surface area contributed by atoms with E-state index in [0.717, 1.165) is 30.6 Å². The van der Waals surface area contributed by atoms with Gasteiger partial charge in [-0.15, -0.1) is 5.10 Å². The molecule has 0 aromatic carbocycles. The molecule has 7 heteroatoms. The summed E-state index contributed by atoms with van der Waals surface area (Å²) in [5, 5.41) is 7.13. The van der Waals surface area contributed by atoms with E-state index in [2.05, 4.69) is 10.4 Å². The first kappa shape index (κ1) is 13.8. The van der Waals surface area contributed by atoms with Crippen LogP contribution < -0.4 is 16.6 Å². The number of hydrogen-bond donors (Lipinski definition) is 1. The fraction of sp³-hybridized carbons (Fsp3) is 0.750. The number of ether oxygens (including phenoxy) is 1. The van der Waals surface area contributed by atoms with E-state index in [1.807, 2.05) is 6.92 Å². The second-order valence-electron chi connectivity index (χ2n) is 5.00. The van der Waals surface area contributed by atoms with Crippen LogP contribution in [0.15, 0.2) is 9.59 Å². The van der Waals surface area contributed by atoms with Crippen molar-refractivity contribution in [3.63, 3.8) is 0 Å². The van der Waals surface area contributed by atoms with Crippen LogP contribution >= 0.6 is 0 Å². The highest BCUT2D eigenvalue weighted by atomic mass is 16.5. The molecule has 0 bridgehead atoms. The van der Waals surface area contributed by atoms with Crippen LogP contribution in [-0.2, 0) is 18.8 Å². The van der Waals surface area contributed by atoms with Gasteiger partial charge in [-0.3, -0.25) is 9.36 Å². The highest BCUT2D eigenvalue weighted by molar-refractivity contribution is 5.31. The minimum Gasteiger partial charge on any atom is -0.381 e. The van der Waals surface area contributed by atoms with E-state index in [0.29, 0.717) is 5.92 Å². The third kappa shape index (κ3) is 2.86. The summed E-state index contributed by atoms with van der Waals surface area (Å²) in [5.74, 6) is 0.682. The molecule has 1 aliphatic rings. The van der Waals surface area contributed by atoms with E-state index in [4.69, 9.17) is 4.74 Å². The largest absolute Gasteiger partial charge is 0.381 e. The zero-order valence-corrected chi connectivity index (χ0v) is 11.5. The molecular weight excluding hydrogens is 248 g/mol. The smallest absolute Gasteiger partial charge is 0.346 e. The number of rotatable bonds is 3. The van der Waals surface area contributed by atoms with Crippen molar-refractivity contribution in [2.75, 3.05) is 18.5 Å². The third-order valence-electron chi connectivity index (χ3n) is 3.66. The van der Waals surface area contributed by atoms with Gasteiger partial charge in [0.05, 0.1) is 0 Å². The van der Waals surface area contributed by atoms with Gasteiger partial charge in [0.1, 0.15) is 0 Å². The quantitative estimate of drug-likeness (QED) is 0.814. The van der Waals surface area contributed by atoms with Gasteiger partial charge >= 0.3 is 5.69 Å². The molecule has 19 heavy (non-hydrogen) atoms. The zero-order valence-electron chi connectivity index (χ0n) is 11.5. The molecule has 0 saturated carbocycles. The normalized spacial score (nSPS) is 18.3. The molecule has 106 valence electrons. The summed E-state index contributed by atoms with van der Waals surface area (Å²) in [6, 6.07) is 0.126. The maximum Gasteiger partial charge on any atom is 0.346 e. The molecule has 1 fully saturated rings. The van der Waals surface area contributed by atoms with Gasteiger partial charge in [-0.2, -0.15) is 0 Å². The SMILES string of the molecule is CC(Nc1nn(C)c(=O)n(C)c1=O)C1CCOCC1. The van der Waals surface area contributed by atoms with Crippen LogP contribution in [0.2, 0.25) is 0 Å². The summed E-state index contributed by atoms with van der Waals surface area (Å²) >= 11 is 0. The Morgan fingerprint density at radius 2 is 1.95 bits per heavy atom. The lowest BCUT2D eigenvalue weighted by molar-refractivity contribution is 0.0621. The minimum absolute atomic E-state index is 0.126. The van der Waals surface area contributed by atoms with E-state index in [1.54, 1.807) is 0 Å². The summed E-state index contributed by atoms with van der Waals surface area (Å²) < 4.78 is 7.55. The van der Waals surface area contributed by atoms with Crippen molar-refractivity contribution in [3.05, 3.63) is 20.8 Å². The number of nitrogens with one attached hydrogen (secondary N) is 1. The molecule has 0 aliphatic carbocycles. The molecule has 2 rings (SSSR count). The number of aromatic nitrogens is 3. The van der Waals surface area contributed by atoms with Crippen LogP contribution in [0.5, 0.6) is 0 Å². The van der Waals surface area contributed by atoms with Gasteiger partial charge in [0.15, 0.2) is 0 Å². The van der Waals surface area contributed by atoms with Crippen molar-refractivity contribution in [1.29, 1.82) is 0 Å². The van der Waals surface area contributed by atoms with Crippen LogP contribution in [-0.4, -0.2) is 33.6 Å². The first-order valence-electron chi connectivity index (χ1n) is 6.49. The molecule has 7 nitrogen and oxygen atoms in total. The number of aryl methyl sites for hydroxylation is 1. The second-order valence-corrected chi connectivity index (χ2v) is 5.00. The first-order chi connectivity index (χ1) is 9.00. The van der Waals surface area contributed by atoms with Crippen LogP contribution in [0.4, 0.5) is 5.82 Å². The molecule has 0 amide bonds. The van der Waals surface area contributed by atoms with Crippen molar-refractivity contribution in [1.82, 2.24) is 14.3 Å². The van der Waals surface area contributed by atoms with Gasteiger partial charge in [0.25, 0.3) is 5.56 Å². The lowest BCUT2D eigenvalue weighted by Crippen LogP contribution is -2.42. The van der Waals surface area contributed by atoms with Crippen LogP contribution in [0.1, 0.15) is 19.8 Å². The summed E-state index contributed by atoms with van der Waals surface area (Å²) in [6.07, 6.45) is 1.94. The Balaban J connectivity index is 2.19. The van der Waals surface area contributed by atoms with Gasteiger partial charge in [-0.1, -0.05) is 0 Å². The minimum atomic E-state index is -0.422. The van der Waals surface area contributed by atoms with E-state index in [-0.39, 0.29) is 17.4 Å². The topological polar surface area (TPSA) is 78.2 Å². The highest BCUT2D eigenvalue weighted by Gasteiger charge is 2.22. The predicted molar refractivity (Wildman–Crippen MR) is 71.3 cm³/mol. The Morgan fingerprint density at radius 1 is 1.32 bits per heavy atom. The Kier molecular flexibility index (Phi) is 4.04. The highest BCUT2D eigenvalue weighted by Crippen LogP contribution is 2.20. The molecule has 1 unspecified atom stereocenters. The van der Waals surface area contributed by atoms with Gasteiger partial charge in [-0.05, 0) is 25.7 Å². The van der Waals surface area contributed by atoms with E-state index in [1.165, 1.54) is 18.8 Å². The van der Waals surface area contributed by atoms with Crippen molar-refractivity contribution in [2.45, 2.75) is 25.8 Å². The van der Waals surface area contributed by atoms with Crippen molar-refractivity contribution in [3.8, 4) is 0 Å². The maximum atomic E-state index is 12.0. The fourth-order valence-corrected chi connectivity index (χ4v) is 2.34. The van der Waals surface area contributed by atoms with E-state index < -0.39 is 5.69 Å². The summed E-state index contributed by atoms with van der Waals surface area (Å²) in [7, 11) is 2.99. The fourth-order valence-electron chi connectivity index (χ4n) is 2.34. The number of hydrogen-bond acceptors (Lipinski definition) is 5. The molecule has 2 heterocycles. The molecule has 1 aliphatic heterocycles. The monoisotopic (exact) mass is 268 g/mol. The lowest BCUT2D eigenvalue weighted by atomic mass is 9.93. The Hall–Kier alpha value is -1.63. The zero-order chi connectivity index (χ0) is 14.0. The first-order valence-corrected chi connectivity index (χ1v) is 6.49. The molecule has 0 radical (unpaired) electrons. The van der Waals surface area contributed by atoms with Crippen molar-refractivity contribution >= 4 is 5.82 Å². The Bertz CT molecular complexity index is 557. The standard InChI is InChI=1S/C12H20N4O3/c1-8(9-4-6-19-7-5-9)13-10-11(17)15(2)12(18)16(3)14-10/h8-9H,4-7H2,1-3H3,(H,13,14). The Labute approximate surface area is 111 Å². The van der Waals surface area contributed by atoms with Gasteiger partial charge in [0, 0.05) is 33.4 Å². The van der Waals surface area contributed by atoms with Crippen molar-refractivity contribution in [2.24, 2.45) is 20.0 Å². The molecule has 1 atom stereocenters. The lowest BCUT2D eigenvalue weighted by Gasteiger charge is -2.28. The van der Waals surface area contributed by atoms with Gasteiger partial charge in [0.2, 0.25) is 5.82 Å².